The number of hydrogen-bond donors (Lipinski definition) is 2. The summed E-state index contributed by atoms with van der Waals surface area (Å²) in [5, 5.41) is 5.65. The van der Waals surface area contributed by atoms with E-state index < -0.39 is 11.7 Å². The molecule has 4 aromatic rings. The Bertz CT molecular complexity index is 1340. The standard InChI is InChI=1S/C31H31N5O4/c1-31(2,3)40-30(39)36(20-22-4-8-24(9-5-22)28(37)34-26-12-16-32-17-13-26)21-23-6-10-25(11-7-23)29(38)35-27-14-18-33-19-15-27/h4-19H,20-21H2,1-3H3,(H,32,34,37)(H,33,35,38). The Labute approximate surface area is 233 Å². The highest BCUT2D eigenvalue weighted by atomic mass is 16.6. The number of ether oxygens (including phenoxy) is 1. The van der Waals surface area contributed by atoms with Crippen LogP contribution in [0, 0.1) is 0 Å². The molecule has 9 heteroatoms. The zero-order valence-corrected chi connectivity index (χ0v) is 22.6. The van der Waals surface area contributed by atoms with Crippen LogP contribution in [-0.2, 0) is 17.8 Å². The van der Waals surface area contributed by atoms with Crippen LogP contribution < -0.4 is 10.6 Å². The summed E-state index contributed by atoms with van der Waals surface area (Å²) in [5.74, 6) is -0.482. The smallest absolute Gasteiger partial charge is 0.410 e. The number of carbonyl (C=O) groups is 3. The quantitative estimate of drug-likeness (QED) is 0.289. The molecule has 0 saturated heterocycles. The van der Waals surface area contributed by atoms with Crippen molar-refractivity contribution in [3.05, 3.63) is 120 Å². The molecule has 0 radical (unpaired) electrons. The Morgan fingerprint density at radius 2 is 1.02 bits per heavy atom. The van der Waals surface area contributed by atoms with Gasteiger partial charge in [0.05, 0.1) is 0 Å². The minimum Gasteiger partial charge on any atom is -0.444 e. The lowest BCUT2D eigenvalue weighted by Gasteiger charge is -2.27. The third-order valence-corrected chi connectivity index (χ3v) is 5.71. The molecule has 204 valence electrons. The fraction of sp³-hybridized carbons (Fsp3) is 0.194. The lowest BCUT2D eigenvalue weighted by atomic mass is 10.1. The SMILES string of the molecule is CC(C)(C)OC(=O)N(Cc1ccc(C(=O)Nc2ccncc2)cc1)Cc1ccc(C(=O)Nc2ccncc2)cc1. The fourth-order valence-electron chi connectivity index (χ4n) is 3.75. The summed E-state index contributed by atoms with van der Waals surface area (Å²) in [6.07, 6.45) is 5.96. The Hall–Kier alpha value is -5.05. The molecule has 0 fully saturated rings. The molecule has 0 unspecified atom stereocenters. The van der Waals surface area contributed by atoms with Crippen LogP contribution >= 0.6 is 0 Å². The van der Waals surface area contributed by atoms with Crippen molar-refractivity contribution >= 4 is 29.3 Å². The van der Waals surface area contributed by atoms with Gasteiger partial charge in [0.1, 0.15) is 5.60 Å². The van der Waals surface area contributed by atoms with Gasteiger partial charge in [-0.25, -0.2) is 4.79 Å². The zero-order chi connectivity index (χ0) is 28.5. The van der Waals surface area contributed by atoms with Crippen molar-refractivity contribution in [2.75, 3.05) is 10.6 Å². The van der Waals surface area contributed by atoms with E-state index in [4.69, 9.17) is 4.74 Å². The molecule has 0 atom stereocenters. The Balaban J connectivity index is 1.44. The monoisotopic (exact) mass is 537 g/mol. The molecule has 0 aliphatic heterocycles. The van der Waals surface area contributed by atoms with Crippen molar-refractivity contribution < 1.29 is 19.1 Å². The molecule has 0 aliphatic rings. The van der Waals surface area contributed by atoms with Crippen molar-refractivity contribution in [3.63, 3.8) is 0 Å². The van der Waals surface area contributed by atoms with Crippen molar-refractivity contribution in [2.24, 2.45) is 0 Å². The number of nitrogens with zero attached hydrogens (tertiary/aromatic N) is 3. The van der Waals surface area contributed by atoms with Crippen LogP contribution in [0.2, 0.25) is 0 Å². The van der Waals surface area contributed by atoms with E-state index in [-0.39, 0.29) is 24.9 Å². The second-order valence-corrected chi connectivity index (χ2v) is 10.1. The number of carbonyl (C=O) groups excluding carboxylic acids is 3. The third kappa shape index (κ3) is 8.22. The van der Waals surface area contributed by atoms with Gasteiger partial charge in [-0.1, -0.05) is 24.3 Å². The fourth-order valence-corrected chi connectivity index (χ4v) is 3.75. The summed E-state index contributed by atoms with van der Waals surface area (Å²) in [5.41, 5.74) is 3.29. The molecule has 0 bridgehead atoms. The van der Waals surface area contributed by atoms with Crippen molar-refractivity contribution in [1.82, 2.24) is 14.9 Å². The number of anilines is 2. The van der Waals surface area contributed by atoms with Crippen LogP contribution in [0.3, 0.4) is 0 Å². The lowest BCUT2D eigenvalue weighted by molar-refractivity contribution is 0.0216. The maximum atomic E-state index is 13.1. The minimum atomic E-state index is -0.668. The van der Waals surface area contributed by atoms with E-state index in [1.165, 1.54) is 0 Å². The lowest BCUT2D eigenvalue weighted by Crippen LogP contribution is -2.36. The molecular weight excluding hydrogens is 506 g/mol. The molecule has 2 N–H and O–H groups in total. The number of rotatable bonds is 8. The van der Waals surface area contributed by atoms with Crippen molar-refractivity contribution in [1.29, 1.82) is 0 Å². The summed E-state index contributed by atoms with van der Waals surface area (Å²) in [6.45, 7) is 5.98. The first-order valence-corrected chi connectivity index (χ1v) is 12.7. The number of benzene rings is 2. The van der Waals surface area contributed by atoms with Crippen LogP contribution in [0.4, 0.5) is 16.2 Å². The number of aromatic nitrogens is 2. The molecule has 4 rings (SSSR count). The summed E-state index contributed by atoms with van der Waals surface area (Å²) < 4.78 is 5.65. The molecule has 2 heterocycles. The van der Waals surface area contributed by atoms with Gasteiger partial charge in [-0.2, -0.15) is 0 Å². The second kappa shape index (κ2) is 12.7. The number of nitrogens with one attached hydrogen (secondary N) is 2. The van der Waals surface area contributed by atoms with E-state index >= 15 is 0 Å². The van der Waals surface area contributed by atoms with Gasteiger partial charge in [0.25, 0.3) is 11.8 Å². The van der Waals surface area contributed by atoms with Gasteiger partial charge < -0.3 is 15.4 Å². The van der Waals surface area contributed by atoms with Crippen LogP contribution in [0.5, 0.6) is 0 Å². The van der Waals surface area contributed by atoms with Gasteiger partial charge in [-0.05, 0) is 80.4 Å². The first kappa shape index (κ1) is 28.0. The molecule has 0 aliphatic carbocycles. The number of amides is 3. The second-order valence-electron chi connectivity index (χ2n) is 10.1. The minimum absolute atomic E-state index is 0.241. The first-order chi connectivity index (χ1) is 19.2. The van der Waals surface area contributed by atoms with Crippen LogP contribution in [0.15, 0.2) is 97.6 Å². The zero-order valence-electron chi connectivity index (χ0n) is 22.6. The summed E-state index contributed by atoms with van der Waals surface area (Å²) in [7, 11) is 0. The van der Waals surface area contributed by atoms with E-state index in [0.717, 1.165) is 11.1 Å². The molecule has 0 saturated carbocycles. The predicted octanol–water partition coefficient (Wildman–Crippen LogP) is 5.92. The Morgan fingerprint density at radius 1 is 0.650 bits per heavy atom. The van der Waals surface area contributed by atoms with E-state index in [9.17, 15) is 14.4 Å². The third-order valence-electron chi connectivity index (χ3n) is 5.71. The average Bonchev–Trinajstić information content (AvgIpc) is 2.93. The summed E-state index contributed by atoms with van der Waals surface area (Å²) >= 11 is 0. The molecule has 0 spiro atoms. The highest BCUT2D eigenvalue weighted by Crippen LogP contribution is 2.18. The van der Waals surface area contributed by atoms with Gasteiger partial charge in [-0.15, -0.1) is 0 Å². The van der Waals surface area contributed by atoms with Gasteiger partial charge in [-0.3, -0.25) is 24.5 Å². The molecule has 2 aromatic carbocycles. The van der Waals surface area contributed by atoms with Gasteiger partial charge >= 0.3 is 6.09 Å². The van der Waals surface area contributed by atoms with E-state index in [1.54, 1.807) is 78.2 Å². The molecule has 2 aromatic heterocycles. The summed E-state index contributed by atoms with van der Waals surface area (Å²) in [4.78, 5) is 47.7. The van der Waals surface area contributed by atoms with Crippen LogP contribution in [0.1, 0.15) is 52.6 Å². The molecule has 9 nitrogen and oxygen atoms in total. The van der Waals surface area contributed by atoms with Crippen molar-refractivity contribution in [2.45, 2.75) is 39.5 Å². The van der Waals surface area contributed by atoms with Crippen LogP contribution in [-0.4, -0.2) is 38.4 Å². The predicted molar refractivity (Wildman–Crippen MR) is 153 cm³/mol. The van der Waals surface area contributed by atoms with Crippen molar-refractivity contribution in [3.8, 4) is 0 Å². The maximum absolute atomic E-state index is 13.1. The number of pyridine rings is 2. The van der Waals surface area contributed by atoms with E-state index in [0.29, 0.717) is 22.5 Å². The Kier molecular flexibility index (Phi) is 8.86. The topological polar surface area (TPSA) is 114 Å². The van der Waals surface area contributed by atoms with Gasteiger partial charge in [0.2, 0.25) is 0 Å². The van der Waals surface area contributed by atoms with Gasteiger partial charge in [0.15, 0.2) is 0 Å². The molecular formula is C31H31N5O4. The van der Waals surface area contributed by atoms with Crippen LogP contribution in [0.25, 0.3) is 0 Å². The van der Waals surface area contributed by atoms with Gasteiger partial charge in [0, 0.05) is 60.4 Å². The summed E-state index contributed by atoms with van der Waals surface area (Å²) in [6, 6.07) is 21.0. The van der Waals surface area contributed by atoms with E-state index in [2.05, 4.69) is 20.6 Å². The maximum Gasteiger partial charge on any atom is 0.410 e. The highest BCUT2D eigenvalue weighted by Gasteiger charge is 2.23. The number of hydrogen-bond acceptors (Lipinski definition) is 6. The molecule has 40 heavy (non-hydrogen) atoms. The first-order valence-electron chi connectivity index (χ1n) is 12.7. The average molecular weight is 538 g/mol. The Morgan fingerprint density at radius 3 is 1.38 bits per heavy atom. The molecule has 3 amide bonds. The van der Waals surface area contributed by atoms with E-state index in [1.807, 2.05) is 45.0 Å². The highest BCUT2D eigenvalue weighted by molar-refractivity contribution is 6.04. The normalized spacial score (nSPS) is 10.9. The largest absolute Gasteiger partial charge is 0.444 e.